The summed E-state index contributed by atoms with van der Waals surface area (Å²) in [4.78, 5) is 21.7. The Kier molecular flexibility index (Phi) is 9.37. The minimum atomic E-state index is -0.557. The largest absolute Gasteiger partial charge is 0.507 e. The molecular formula is C33H38N4O3S2. The Morgan fingerprint density at radius 2 is 1.90 bits per heavy atom. The number of anilines is 1. The Morgan fingerprint density at radius 3 is 2.62 bits per heavy atom. The molecule has 1 aliphatic heterocycles. The van der Waals surface area contributed by atoms with Gasteiger partial charge in [0.25, 0.3) is 0 Å². The van der Waals surface area contributed by atoms with Gasteiger partial charge in [0.15, 0.2) is 11.7 Å². The van der Waals surface area contributed by atoms with Gasteiger partial charge in [-0.1, -0.05) is 18.1 Å². The minimum Gasteiger partial charge on any atom is -0.507 e. The first-order valence-electron chi connectivity index (χ1n) is 14.4. The van der Waals surface area contributed by atoms with E-state index in [1.54, 1.807) is 42.7 Å². The number of nitrogens with zero attached hydrogens (tertiary/aromatic N) is 1. The van der Waals surface area contributed by atoms with Crippen LogP contribution in [0.25, 0.3) is 15.8 Å². The fourth-order valence-electron chi connectivity index (χ4n) is 5.91. The van der Waals surface area contributed by atoms with Gasteiger partial charge in [0.1, 0.15) is 5.75 Å². The number of aliphatic hydroxyl groups excluding tert-OH is 1. The minimum absolute atomic E-state index is 0.00137. The van der Waals surface area contributed by atoms with Crippen LogP contribution in [0.2, 0.25) is 0 Å². The Bertz CT molecular complexity index is 1550. The molecule has 0 spiro atoms. The molecule has 0 saturated heterocycles. The quantitative estimate of drug-likeness (QED) is 0.0951. The predicted octanol–water partition coefficient (Wildman–Crippen LogP) is 5.88. The summed E-state index contributed by atoms with van der Waals surface area (Å²) in [6.45, 7) is 3.58. The van der Waals surface area contributed by atoms with Gasteiger partial charge in [0.2, 0.25) is 0 Å². The van der Waals surface area contributed by atoms with E-state index in [1.165, 1.54) is 0 Å². The number of carbonyl (C=O) groups excluding carboxylic acids is 1. The van der Waals surface area contributed by atoms with Crippen molar-refractivity contribution in [3.8, 4) is 27.3 Å². The van der Waals surface area contributed by atoms with E-state index in [-0.39, 0.29) is 29.5 Å². The van der Waals surface area contributed by atoms with Crippen molar-refractivity contribution < 1.29 is 15.0 Å². The van der Waals surface area contributed by atoms with Gasteiger partial charge in [0.05, 0.1) is 21.9 Å². The third-order valence-electron chi connectivity index (χ3n) is 8.22. The van der Waals surface area contributed by atoms with Gasteiger partial charge < -0.3 is 26.6 Å². The maximum atomic E-state index is 13.5. The number of hydrogen-bond donors (Lipinski definition) is 5. The van der Waals surface area contributed by atoms with Crippen LogP contribution in [-0.4, -0.2) is 47.2 Å². The molecule has 2 aromatic heterocycles. The van der Waals surface area contributed by atoms with Crippen molar-refractivity contribution >= 4 is 46.2 Å². The van der Waals surface area contributed by atoms with Crippen LogP contribution in [0, 0.1) is 23.7 Å². The first-order valence-corrected chi connectivity index (χ1v) is 16.0. The molecule has 0 amide bonds. The number of fused-ring (bicyclic) bond motifs is 1. The maximum Gasteiger partial charge on any atom is 0.188 e. The fourth-order valence-corrected chi connectivity index (χ4v) is 7.94. The second-order valence-electron chi connectivity index (χ2n) is 11.1. The van der Waals surface area contributed by atoms with Crippen LogP contribution in [0.3, 0.4) is 0 Å². The molecule has 1 saturated carbocycles. The number of nitrogens with one attached hydrogen (secondary N) is 2. The highest BCUT2D eigenvalue weighted by molar-refractivity contribution is 7.23. The van der Waals surface area contributed by atoms with Gasteiger partial charge in [0, 0.05) is 40.0 Å². The molecule has 2 aliphatic rings. The molecule has 0 radical (unpaired) electrons. The van der Waals surface area contributed by atoms with E-state index in [4.69, 9.17) is 5.73 Å². The number of aromatic hydroxyl groups is 1. The van der Waals surface area contributed by atoms with Gasteiger partial charge in [-0.2, -0.15) is 0 Å². The van der Waals surface area contributed by atoms with Crippen LogP contribution in [0.15, 0.2) is 47.5 Å². The molecule has 6 N–H and O–H groups in total. The van der Waals surface area contributed by atoms with Gasteiger partial charge in [-0.3, -0.25) is 9.79 Å². The van der Waals surface area contributed by atoms with Crippen molar-refractivity contribution in [3.63, 3.8) is 0 Å². The van der Waals surface area contributed by atoms with E-state index < -0.39 is 6.10 Å². The number of benzene rings is 1. The highest BCUT2D eigenvalue weighted by Gasteiger charge is 2.32. The predicted molar refractivity (Wildman–Crippen MR) is 174 cm³/mol. The Hall–Kier alpha value is -3.58. The number of phenolic OH excluding ortho intramolecular Hbond substituents is 1. The Morgan fingerprint density at radius 1 is 1.17 bits per heavy atom. The van der Waals surface area contributed by atoms with Crippen molar-refractivity contribution in [3.05, 3.63) is 63.4 Å². The summed E-state index contributed by atoms with van der Waals surface area (Å²) in [5.41, 5.74) is 8.61. The van der Waals surface area contributed by atoms with E-state index >= 15 is 0 Å². The van der Waals surface area contributed by atoms with Crippen LogP contribution >= 0.6 is 22.7 Å². The normalized spacial score (nSPS) is 21.4. The molecule has 9 heteroatoms. The number of hydrogen-bond acceptors (Lipinski definition) is 7. The zero-order valence-electron chi connectivity index (χ0n) is 24.2. The van der Waals surface area contributed by atoms with Crippen LogP contribution in [0.5, 0.6) is 5.75 Å². The molecule has 1 aliphatic carbocycles. The van der Waals surface area contributed by atoms with Gasteiger partial charge in [-0.05, 0) is 93.8 Å². The topological polar surface area (TPSA) is 120 Å². The van der Waals surface area contributed by atoms with Crippen molar-refractivity contribution in [2.75, 3.05) is 12.4 Å². The lowest BCUT2D eigenvalue weighted by atomic mass is 9.75. The molecule has 42 heavy (non-hydrogen) atoms. The molecule has 220 valence electrons. The van der Waals surface area contributed by atoms with E-state index in [0.717, 1.165) is 62.0 Å². The highest BCUT2D eigenvalue weighted by Crippen LogP contribution is 2.39. The first-order chi connectivity index (χ1) is 20.2. The van der Waals surface area contributed by atoms with Crippen molar-refractivity contribution in [1.82, 2.24) is 5.32 Å². The zero-order chi connectivity index (χ0) is 29.8. The van der Waals surface area contributed by atoms with Gasteiger partial charge in [-0.15, -0.1) is 28.6 Å². The summed E-state index contributed by atoms with van der Waals surface area (Å²) in [6.07, 6.45) is 7.25. The van der Waals surface area contributed by atoms with Crippen molar-refractivity contribution in [2.24, 2.45) is 22.6 Å². The number of ketones is 1. The van der Waals surface area contributed by atoms with Crippen molar-refractivity contribution in [2.45, 2.75) is 64.1 Å². The molecule has 1 aromatic carbocycles. The third kappa shape index (κ3) is 6.73. The smallest absolute Gasteiger partial charge is 0.188 e. The van der Waals surface area contributed by atoms with Crippen molar-refractivity contribution in [1.29, 1.82) is 0 Å². The number of aliphatic imine (C=N–C) groups is 1. The van der Waals surface area contributed by atoms with E-state index in [9.17, 15) is 15.0 Å². The molecular weight excluding hydrogens is 565 g/mol. The Balaban J connectivity index is 1.26. The third-order valence-corrected chi connectivity index (χ3v) is 10.5. The number of nitrogens with two attached hydrogens (primary N) is 1. The number of guanidine groups is 1. The number of aliphatic hydroxyl groups is 1. The highest BCUT2D eigenvalue weighted by atomic mass is 32.1. The van der Waals surface area contributed by atoms with Crippen LogP contribution in [0.4, 0.5) is 5.69 Å². The molecule has 3 unspecified atom stereocenters. The number of thiophene rings is 2. The Labute approximate surface area is 255 Å². The average molecular weight is 603 g/mol. The number of rotatable bonds is 8. The van der Waals surface area contributed by atoms with Crippen LogP contribution in [0.1, 0.15) is 65.2 Å². The molecule has 5 rings (SSSR count). The van der Waals surface area contributed by atoms with Crippen LogP contribution in [-0.2, 0) is 6.42 Å². The average Bonchev–Trinajstić information content (AvgIpc) is 3.66. The van der Waals surface area contributed by atoms with E-state index in [0.29, 0.717) is 18.3 Å². The SMILES string of the molecule is CC#Cc1ccc(-c2ccc(C(=O)C3CCC(C(Cc4cc(O)c5c(c4)NC(C(C)O)C=C5)NC(N)=NC)CC3)s2)s1. The molecule has 0 bridgehead atoms. The van der Waals surface area contributed by atoms with Crippen LogP contribution < -0.4 is 16.4 Å². The summed E-state index contributed by atoms with van der Waals surface area (Å²) < 4.78 is 0. The lowest BCUT2D eigenvalue weighted by Crippen LogP contribution is -2.46. The summed E-state index contributed by atoms with van der Waals surface area (Å²) in [5.74, 6) is 7.17. The number of phenols is 1. The maximum absolute atomic E-state index is 13.5. The monoisotopic (exact) mass is 602 g/mol. The zero-order valence-corrected chi connectivity index (χ0v) is 25.8. The fraction of sp³-hybridized carbons (Fsp3) is 0.394. The lowest BCUT2D eigenvalue weighted by Gasteiger charge is -2.34. The first kappa shape index (κ1) is 29.9. The summed E-state index contributed by atoms with van der Waals surface area (Å²) in [6, 6.07) is 11.8. The standard InChI is InChI=1S/C33H38N4O3S2/c1-4-5-23-10-13-29(41-23)30-14-15-31(42-30)32(40)22-8-6-21(7-9-22)26(37-33(34)35-3)16-20-17-27-24(28(39)18-20)11-12-25(36-27)19(2)38/h10-15,17-19,21-22,25-26,36,38-39H,6-9,16H2,1-3H3,(H3,34,35,37). The summed E-state index contributed by atoms with van der Waals surface area (Å²) >= 11 is 3.23. The molecule has 3 atom stereocenters. The second kappa shape index (κ2) is 13.2. The molecule has 3 aromatic rings. The summed E-state index contributed by atoms with van der Waals surface area (Å²) in [5, 5.41) is 27.5. The van der Waals surface area contributed by atoms with Gasteiger partial charge in [-0.25, -0.2) is 0 Å². The summed E-state index contributed by atoms with van der Waals surface area (Å²) in [7, 11) is 1.66. The number of carbonyl (C=O) groups is 1. The molecule has 7 nitrogen and oxygen atoms in total. The van der Waals surface area contributed by atoms with E-state index in [1.807, 2.05) is 43.3 Å². The van der Waals surface area contributed by atoms with E-state index in [2.05, 4.69) is 33.5 Å². The van der Waals surface area contributed by atoms with Gasteiger partial charge >= 0.3 is 0 Å². The molecule has 1 fully saturated rings. The number of Topliss-reactive ketones (excluding diaryl/α,β-unsaturated/α-hetero) is 1. The lowest BCUT2D eigenvalue weighted by molar-refractivity contribution is 0.0867. The molecule has 3 heterocycles. The second-order valence-corrected chi connectivity index (χ2v) is 13.3.